The average molecular weight is 226 g/mol. The first-order valence-electron chi connectivity index (χ1n) is 6.40. The van der Waals surface area contributed by atoms with Gasteiger partial charge in [-0.25, -0.2) is 0 Å². The van der Waals surface area contributed by atoms with Crippen molar-refractivity contribution in [3.05, 3.63) is 35.5 Å². The fraction of sp³-hybridized carbons (Fsp3) is 0.400. The lowest BCUT2D eigenvalue weighted by atomic mass is 10.0. The zero-order valence-corrected chi connectivity index (χ0v) is 10.5. The van der Waals surface area contributed by atoms with E-state index in [1.807, 2.05) is 6.21 Å². The fourth-order valence-electron chi connectivity index (χ4n) is 2.94. The first-order chi connectivity index (χ1) is 8.31. The van der Waals surface area contributed by atoms with E-state index in [0.717, 1.165) is 5.69 Å². The van der Waals surface area contributed by atoms with Crippen molar-refractivity contribution < 1.29 is 0 Å². The highest BCUT2D eigenvalue weighted by Gasteiger charge is 2.27. The largest absolute Gasteiger partial charge is 0.374 e. The van der Waals surface area contributed by atoms with Crippen molar-refractivity contribution in [3.8, 4) is 0 Å². The van der Waals surface area contributed by atoms with Crippen molar-refractivity contribution >= 4 is 17.5 Å². The van der Waals surface area contributed by atoms with Gasteiger partial charge in [-0.05, 0) is 25.3 Å². The van der Waals surface area contributed by atoms with Crippen LogP contribution >= 0.6 is 0 Å². The Morgan fingerprint density at radius 3 is 2.94 bits per heavy atom. The molecule has 1 fully saturated rings. The first kappa shape index (κ1) is 10.6. The van der Waals surface area contributed by atoms with Crippen molar-refractivity contribution in [3.63, 3.8) is 0 Å². The summed E-state index contributed by atoms with van der Waals surface area (Å²) in [5.74, 6) is 0. The number of fused-ring (bicyclic) bond motifs is 1. The van der Waals surface area contributed by atoms with Crippen LogP contribution in [0.1, 0.15) is 31.7 Å². The van der Waals surface area contributed by atoms with Gasteiger partial charge in [0, 0.05) is 36.1 Å². The molecule has 1 unspecified atom stereocenters. The second-order valence-electron chi connectivity index (χ2n) is 4.85. The molecular weight excluding hydrogens is 208 g/mol. The minimum atomic E-state index is 0.707. The molecule has 0 spiro atoms. The molecule has 0 bridgehead atoms. The highest BCUT2D eigenvalue weighted by atomic mass is 15.2. The fourth-order valence-corrected chi connectivity index (χ4v) is 2.94. The van der Waals surface area contributed by atoms with Gasteiger partial charge in [-0.3, -0.25) is 4.99 Å². The van der Waals surface area contributed by atoms with Crippen molar-refractivity contribution in [2.45, 2.75) is 32.2 Å². The van der Waals surface area contributed by atoms with Crippen LogP contribution in [0.5, 0.6) is 0 Å². The van der Waals surface area contributed by atoms with Gasteiger partial charge in [0.2, 0.25) is 0 Å². The molecule has 1 saturated heterocycles. The zero-order valence-electron chi connectivity index (χ0n) is 10.5. The number of likely N-dealkylation sites (tertiary alicyclic amines) is 1. The van der Waals surface area contributed by atoms with Crippen LogP contribution in [0, 0.1) is 0 Å². The van der Waals surface area contributed by atoms with Crippen LogP contribution in [0.25, 0.3) is 5.57 Å². The molecule has 0 aliphatic carbocycles. The SMILES string of the molecule is CCC1CC/C(=C2/C=Nc3ccccc32)N1C. The number of aliphatic imine (C=N–C) groups is 1. The summed E-state index contributed by atoms with van der Waals surface area (Å²) >= 11 is 0. The molecule has 3 rings (SSSR count). The maximum atomic E-state index is 4.50. The van der Waals surface area contributed by atoms with Gasteiger partial charge in [-0.1, -0.05) is 25.1 Å². The van der Waals surface area contributed by atoms with Gasteiger partial charge < -0.3 is 4.90 Å². The summed E-state index contributed by atoms with van der Waals surface area (Å²) in [4.78, 5) is 6.95. The van der Waals surface area contributed by atoms with Gasteiger partial charge in [0.15, 0.2) is 0 Å². The van der Waals surface area contributed by atoms with Crippen LogP contribution in [0.4, 0.5) is 5.69 Å². The van der Waals surface area contributed by atoms with Gasteiger partial charge in [-0.2, -0.15) is 0 Å². The third-order valence-electron chi connectivity index (χ3n) is 4.00. The maximum absolute atomic E-state index is 4.50. The number of benzene rings is 1. The van der Waals surface area contributed by atoms with E-state index in [2.05, 4.69) is 48.1 Å². The van der Waals surface area contributed by atoms with Gasteiger partial charge in [0.25, 0.3) is 0 Å². The van der Waals surface area contributed by atoms with Crippen LogP contribution < -0.4 is 0 Å². The van der Waals surface area contributed by atoms with Gasteiger partial charge in [0.1, 0.15) is 0 Å². The molecule has 17 heavy (non-hydrogen) atoms. The zero-order chi connectivity index (χ0) is 11.8. The molecule has 2 heteroatoms. The minimum Gasteiger partial charge on any atom is -0.374 e. The van der Waals surface area contributed by atoms with E-state index in [4.69, 9.17) is 0 Å². The third kappa shape index (κ3) is 1.59. The number of hydrogen-bond donors (Lipinski definition) is 0. The summed E-state index contributed by atoms with van der Waals surface area (Å²) in [6.07, 6.45) is 5.73. The van der Waals surface area contributed by atoms with E-state index in [-0.39, 0.29) is 0 Å². The predicted octanol–water partition coefficient (Wildman–Crippen LogP) is 3.62. The monoisotopic (exact) mass is 226 g/mol. The molecule has 1 aromatic rings. The molecule has 1 aromatic carbocycles. The number of hydrogen-bond acceptors (Lipinski definition) is 2. The molecule has 0 aromatic heterocycles. The van der Waals surface area contributed by atoms with E-state index in [1.165, 1.54) is 36.1 Å². The molecule has 0 saturated carbocycles. The first-order valence-corrected chi connectivity index (χ1v) is 6.40. The summed E-state index contributed by atoms with van der Waals surface area (Å²) in [6, 6.07) is 9.12. The van der Waals surface area contributed by atoms with Crippen LogP contribution in [0.2, 0.25) is 0 Å². The van der Waals surface area contributed by atoms with Crippen molar-refractivity contribution in [1.29, 1.82) is 0 Å². The quantitative estimate of drug-likeness (QED) is 0.714. The number of rotatable bonds is 1. The third-order valence-corrected chi connectivity index (χ3v) is 4.00. The molecule has 88 valence electrons. The summed E-state index contributed by atoms with van der Waals surface area (Å²) < 4.78 is 0. The minimum absolute atomic E-state index is 0.707. The molecule has 2 aliphatic rings. The molecule has 2 aliphatic heterocycles. The predicted molar refractivity (Wildman–Crippen MR) is 72.6 cm³/mol. The Hall–Kier alpha value is -1.57. The van der Waals surface area contributed by atoms with E-state index in [0.29, 0.717) is 6.04 Å². The highest BCUT2D eigenvalue weighted by Crippen LogP contribution is 2.38. The molecule has 0 N–H and O–H groups in total. The highest BCUT2D eigenvalue weighted by molar-refractivity contribution is 6.17. The van der Waals surface area contributed by atoms with Crippen LogP contribution in [0.3, 0.4) is 0 Å². The smallest absolute Gasteiger partial charge is 0.0709 e. The van der Waals surface area contributed by atoms with Gasteiger partial charge >= 0.3 is 0 Å². The summed E-state index contributed by atoms with van der Waals surface area (Å²) in [5, 5.41) is 0. The normalized spacial score (nSPS) is 26.7. The molecular formula is C15H18N2. The lowest BCUT2D eigenvalue weighted by Crippen LogP contribution is -2.23. The van der Waals surface area contributed by atoms with Gasteiger partial charge in [0.05, 0.1) is 5.69 Å². The molecule has 2 heterocycles. The lowest BCUT2D eigenvalue weighted by molar-refractivity contribution is 0.345. The molecule has 2 nitrogen and oxygen atoms in total. The second-order valence-corrected chi connectivity index (χ2v) is 4.85. The Labute approximate surface area is 103 Å². The molecule has 0 radical (unpaired) electrons. The Morgan fingerprint density at radius 1 is 1.35 bits per heavy atom. The average Bonchev–Trinajstić information content (AvgIpc) is 2.92. The van der Waals surface area contributed by atoms with Crippen molar-refractivity contribution in [1.82, 2.24) is 4.90 Å². The van der Waals surface area contributed by atoms with E-state index < -0.39 is 0 Å². The Bertz CT molecular complexity index is 499. The number of nitrogens with zero attached hydrogens (tertiary/aromatic N) is 2. The van der Waals surface area contributed by atoms with Crippen LogP contribution in [-0.4, -0.2) is 24.2 Å². The Balaban J connectivity index is 2.04. The maximum Gasteiger partial charge on any atom is 0.0709 e. The van der Waals surface area contributed by atoms with Crippen LogP contribution in [-0.2, 0) is 0 Å². The second kappa shape index (κ2) is 4.02. The van der Waals surface area contributed by atoms with E-state index in [9.17, 15) is 0 Å². The van der Waals surface area contributed by atoms with E-state index in [1.54, 1.807) is 0 Å². The Kier molecular flexibility index (Phi) is 2.50. The topological polar surface area (TPSA) is 15.6 Å². The Morgan fingerprint density at radius 2 is 2.18 bits per heavy atom. The number of allylic oxidation sites excluding steroid dienone is 2. The van der Waals surface area contributed by atoms with E-state index >= 15 is 0 Å². The summed E-state index contributed by atoms with van der Waals surface area (Å²) in [6.45, 7) is 2.27. The molecule has 0 amide bonds. The number of para-hydroxylation sites is 1. The lowest BCUT2D eigenvalue weighted by Gasteiger charge is -2.22. The summed E-state index contributed by atoms with van der Waals surface area (Å²) in [5.41, 5.74) is 5.21. The van der Waals surface area contributed by atoms with Gasteiger partial charge in [-0.15, -0.1) is 0 Å². The standard InChI is InChI=1S/C15H18N2/c1-3-11-8-9-15(17(11)2)13-10-16-14-7-5-4-6-12(13)14/h4-7,10-11H,3,8-9H2,1-2H3/b15-13+. The van der Waals surface area contributed by atoms with Crippen LogP contribution in [0.15, 0.2) is 35.0 Å². The summed E-state index contributed by atoms with van der Waals surface area (Å²) in [7, 11) is 2.22. The van der Waals surface area contributed by atoms with Crippen molar-refractivity contribution in [2.75, 3.05) is 7.05 Å². The molecule has 1 atom stereocenters. The van der Waals surface area contributed by atoms with Crippen molar-refractivity contribution in [2.24, 2.45) is 4.99 Å².